The van der Waals surface area contributed by atoms with Gasteiger partial charge in [0.05, 0.1) is 35.2 Å². The van der Waals surface area contributed by atoms with Gasteiger partial charge in [-0.15, -0.1) is 0 Å². The van der Waals surface area contributed by atoms with Crippen molar-refractivity contribution in [2.24, 2.45) is 5.10 Å². The highest BCUT2D eigenvalue weighted by Crippen LogP contribution is 2.25. The van der Waals surface area contributed by atoms with E-state index in [0.717, 1.165) is 31.4 Å². The lowest BCUT2D eigenvalue weighted by Crippen LogP contribution is -2.20. The maximum absolute atomic E-state index is 12.1. The lowest BCUT2D eigenvalue weighted by atomic mass is 10.1. The quantitative estimate of drug-likeness (QED) is 0.257. The first kappa shape index (κ1) is 22.5. The molecular weight excluding hydrogens is 392 g/mol. The Hall–Kier alpha value is -3.82. The lowest BCUT2D eigenvalue weighted by molar-refractivity contribution is -0.394. The third-order valence-electron chi connectivity index (χ3n) is 4.14. The number of carbonyl (C=O) groups excluding carboxylic acids is 1. The summed E-state index contributed by atoms with van der Waals surface area (Å²) in [6.07, 6.45) is 4.18. The fourth-order valence-electron chi connectivity index (χ4n) is 2.62. The third kappa shape index (κ3) is 6.66. The number of hydrazone groups is 1. The van der Waals surface area contributed by atoms with Crippen molar-refractivity contribution in [1.82, 2.24) is 5.43 Å². The Kier molecular flexibility index (Phi) is 8.42. The van der Waals surface area contributed by atoms with Gasteiger partial charge in [0.2, 0.25) is 5.91 Å². The van der Waals surface area contributed by atoms with Crippen LogP contribution in [-0.2, 0) is 11.2 Å². The van der Waals surface area contributed by atoms with E-state index in [2.05, 4.69) is 17.5 Å². The van der Waals surface area contributed by atoms with Crippen molar-refractivity contribution in [3.63, 3.8) is 0 Å². The maximum Gasteiger partial charge on any atom is 0.279 e. The number of benzene rings is 2. The van der Waals surface area contributed by atoms with Crippen LogP contribution in [0.1, 0.15) is 37.3 Å². The second-order valence-electron chi connectivity index (χ2n) is 6.39. The van der Waals surface area contributed by atoms with Crippen LogP contribution < -0.4 is 10.2 Å². The van der Waals surface area contributed by atoms with E-state index in [-0.39, 0.29) is 12.0 Å². The molecule has 0 aliphatic heterocycles. The van der Waals surface area contributed by atoms with Crippen LogP contribution >= 0.6 is 0 Å². The molecule has 0 unspecified atom stereocenters. The van der Waals surface area contributed by atoms with Crippen molar-refractivity contribution < 1.29 is 19.4 Å². The first-order valence-corrected chi connectivity index (χ1v) is 9.37. The van der Waals surface area contributed by atoms with E-state index in [1.54, 1.807) is 12.1 Å². The van der Waals surface area contributed by atoms with Crippen molar-refractivity contribution >= 4 is 23.5 Å². The Morgan fingerprint density at radius 3 is 2.60 bits per heavy atom. The van der Waals surface area contributed by atoms with E-state index in [9.17, 15) is 25.0 Å². The van der Waals surface area contributed by atoms with Crippen molar-refractivity contribution in [2.75, 3.05) is 6.61 Å². The number of nitro groups is 2. The molecule has 0 aliphatic rings. The van der Waals surface area contributed by atoms with Crippen LogP contribution in [0.2, 0.25) is 0 Å². The Balaban J connectivity index is 2.01. The second kappa shape index (κ2) is 11.2. The zero-order valence-corrected chi connectivity index (χ0v) is 16.4. The summed E-state index contributed by atoms with van der Waals surface area (Å²) in [5.74, 6) is 0.0437. The molecule has 0 radical (unpaired) electrons. The number of nitrogens with zero attached hydrogens (tertiary/aromatic N) is 3. The number of rotatable bonds is 11. The van der Waals surface area contributed by atoms with Crippen molar-refractivity contribution in [2.45, 2.75) is 32.6 Å². The topological polar surface area (TPSA) is 137 Å². The summed E-state index contributed by atoms with van der Waals surface area (Å²) in [6, 6.07) is 10.4. The molecule has 2 rings (SSSR count). The van der Waals surface area contributed by atoms with Crippen LogP contribution in [0.25, 0.3) is 0 Å². The zero-order chi connectivity index (χ0) is 21.9. The van der Waals surface area contributed by atoms with Gasteiger partial charge in [-0.2, -0.15) is 5.10 Å². The molecule has 158 valence electrons. The molecule has 1 N–H and O–H groups in total. The molecule has 0 atom stereocenters. The summed E-state index contributed by atoms with van der Waals surface area (Å²) in [7, 11) is 0. The van der Waals surface area contributed by atoms with E-state index in [1.807, 2.05) is 12.1 Å². The third-order valence-corrected chi connectivity index (χ3v) is 4.14. The average Bonchev–Trinajstić information content (AvgIpc) is 2.72. The minimum atomic E-state index is -0.759. The van der Waals surface area contributed by atoms with Gasteiger partial charge in [0.1, 0.15) is 5.75 Å². The number of amides is 1. The first-order chi connectivity index (χ1) is 14.4. The van der Waals surface area contributed by atoms with Crippen LogP contribution in [0.5, 0.6) is 5.75 Å². The van der Waals surface area contributed by atoms with Gasteiger partial charge in [0.15, 0.2) is 0 Å². The summed E-state index contributed by atoms with van der Waals surface area (Å²) in [4.78, 5) is 32.6. The number of non-ortho nitro benzene ring substituents is 1. The van der Waals surface area contributed by atoms with Crippen LogP contribution in [-0.4, -0.2) is 28.6 Å². The molecule has 0 fully saturated rings. The van der Waals surface area contributed by atoms with Crippen LogP contribution in [0.3, 0.4) is 0 Å². The predicted octanol–water partition coefficient (Wildman–Crippen LogP) is 3.76. The fourth-order valence-corrected chi connectivity index (χ4v) is 2.62. The summed E-state index contributed by atoms with van der Waals surface area (Å²) in [5, 5.41) is 25.8. The molecule has 1 amide bonds. The molecular formula is C20H22N4O6. The standard InChI is InChI=1S/C20H22N4O6/c1-2-3-6-11-30-19-8-5-4-7-16(19)14-21-22-20(25)12-15-9-10-17(23(26)27)13-18(15)24(28)29/h4-5,7-10,13-14H,2-3,6,11-12H2,1H3,(H,22,25). The predicted molar refractivity (Wildman–Crippen MR) is 111 cm³/mol. The summed E-state index contributed by atoms with van der Waals surface area (Å²) < 4.78 is 5.73. The Bertz CT molecular complexity index is 945. The van der Waals surface area contributed by atoms with E-state index in [1.165, 1.54) is 12.3 Å². The molecule has 0 bridgehead atoms. The van der Waals surface area contributed by atoms with E-state index >= 15 is 0 Å². The number of hydrogen-bond acceptors (Lipinski definition) is 7. The van der Waals surface area contributed by atoms with Crippen molar-refractivity contribution in [1.29, 1.82) is 0 Å². The number of unbranched alkanes of at least 4 members (excludes halogenated alkanes) is 2. The van der Waals surface area contributed by atoms with E-state index in [0.29, 0.717) is 17.9 Å². The monoisotopic (exact) mass is 414 g/mol. The summed E-state index contributed by atoms with van der Waals surface area (Å²) in [6.45, 7) is 2.68. The first-order valence-electron chi connectivity index (χ1n) is 9.37. The maximum atomic E-state index is 12.1. The van der Waals surface area contributed by atoms with Gasteiger partial charge in [-0.25, -0.2) is 5.43 Å². The Morgan fingerprint density at radius 2 is 1.90 bits per heavy atom. The molecule has 0 spiro atoms. The number of ether oxygens (including phenoxy) is 1. The van der Waals surface area contributed by atoms with Gasteiger partial charge in [0, 0.05) is 17.2 Å². The van der Waals surface area contributed by atoms with Crippen LogP contribution in [0, 0.1) is 20.2 Å². The minimum absolute atomic E-state index is 0.0537. The summed E-state index contributed by atoms with van der Waals surface area (Å²) in [5.41, 5.74) is 2.13. The molecule has 0 saturated heterocycles. The highest BCUT2D eigenvalue weighted by Gasteiger charge is 2.21. The number of nitrogens with one attached hydrogen (secondary N) is 1. The average molecular weight is 414 g/mol. The Morgan fingerprint density at radius 1 is 1.13 bits per heavy atom. The van der Waals surface area contributed by atoms with Crippen LogP contribution in [0.15, 0.2) is 47.6 Å². The molecule has 30 heavy (non-hydrogen) atoms. The molecule has 0 heterocycles. The highest BCUT2D eigenvalue weighted by molar-refractivity contribution is 5.86. The second-order valence-corrected chi connectivity index (χ2v) is 6.39. The lowest BCUT2D eigenvalue weighted by Gasteiger charge is -2.08. The SMILES string of the molecule is CCCCCOc1ccccc1C=NNC(=O)Cc1ccc([N+](=O)[O-])cc1[N+](=O)[O-]. The van der Waals surface area contributed by atoms with E-state index in [4.69, 9.17) is 4.74 Å². The van der Waals surface area contributed by atoms with Gasteiger partial charge in [-0.3, -0.25) is 25.0 Å². The van der Waals surface area contributed by atoms with Crippen LogP contribution in [0.4, 0.5) is 11.4 Å². The molecule has 10 heteroatoms. The molecule has 0 aliphatic carbocycles. The van der Waals surface area contributed by atoms with Gasteiger partial charge in [-0.1, -0.05) is 31.9 Å². The number of para-hydroxylation sites is 1. The largest absolute Gasteiger partial charge is 0.493 e. The number of nitro benzene ring substituents is 2. The normalized spacial score (nSPS) is 10.7. The molecule has 2 aromatic carbocycles. The summed E-state index contributed by atoms with van der Waals surface area (Å²) >= 11 is 0. The molecule has 2 aromatic rings. The smallest absolute Gasteiger partial charge is 0.279 e. The number of carbonyl (C=O) groups is 1. The number of hydrogen-bond donors (Lipinski definition) is 1. The molecule has 0 saturated carbocycles. The molecule has 10 nitrogen and oxygen atoms in total. The van der Waals surface area contributed by atoms with Gasteiger partial charge >= 0.3 is 0 Å². The van der Waals surface area contributed by atoms with Gasteiger partial charge in [-0.05, 0) is 24.6 Å². The van der Waals surface area contributed by atoms with Crippen molar-refractivity contribution in [3.05, 3.63) is 73.8 Å². The molecule has 0 aromatic heterocycles. The van der Waals surface area contributed by atoms with Gasteiger partial charge < -0.3 is 4.74 Å². The Labute approximate surface area is 172 Å². The minimum Gasteiger partial charge on any atom is -0.493 e. The fraction of sp³-hybridized carbons (Fsp3) is 0.300. The zero-order valence-electron chi connectivity index (χ0n) is 16.4. The van der Waals surface area contributed by atoms with Crippen molar-refractivity contribution in [3.8, 4) is 5.75 Å². The highest BCUT2D eigenvalue weighted by atomic mass is 16.6. The van der Waals surface area contributed by atoms with E-state index < -0.39 is 27.1 Å². The van der Waals surface area contributed by atoms with Gasteiger partial charge in [0.25, 0.3) is 11.4 Å².